The third-order valence-corrected chi connectivity index (χ3v) is 5.67. The fraction of sp³-hybridized carbons (Fsp3) is 0.526. The average molecular weight is 374 g/mol. The van der Waals surface area contributed by atoms with Gasteiger partial charge in [-0.2, -0.15) is 4.98 Å². The third kappa shape index (κ3) is 3.70. The van der Waals surface area contributed by atoms with Gasteiger partial charge in [0.15, 0.2) is 5.96 Å². The van der Waals surface area contributed by atoms with E-state index in [2.05, 4.69) is 25.3 Å². The van der Waals surface area contributed by atoms with Crippen LogP contribution in [0.3, 0.4) is 0 Å². The van der Waals surface area contributed by atoms with Crippen LogP contribution in [0.15, 0.2) is 33.8 Å². The molecule has 2 atom stereocenters. The molecule has 2 aliphatic rings. The Morgan fingerprint density at radius 3 is 2.77 bits per heavy atom. The van der Waals surface area contributed by atoms with Crippen LogP contribution < -0.4 is 5.32 Å². The van der Waals surface area contributed by atoms with Gasteiger partial charge in [0.2, 0.25) is 11.7 Å². The lowest BCUT2D eigenvalue weighted by molar-refractivity contribution is 0.299. The van der Waals surface area contributed by atoms with E-state index < -0.39 is 0 Å². The molecule has 0 spiro atoms. The smallest absolute Gasteiger partial charge is 0.246 e. The topological polar surface area (TPSA) is 66.5 Å². The monoisotopic (exact) mass is 373 g/mol. The molecule has 1 aliphatic heterocycles. The van der Waals surface area contributed by atoms with E-state index in [4.69, 9.17) is 16.1 Å². The Hall–Kier alpha value is -2.08. The zero-order chi connectivity index (χ0) is 17.9. The first-order chi connectivity index (χ1) is 12.7. The van der Waals surface area contributed by atoms with Gasteiger partial charge in [-0.3, -0.25) is 4.99 Å². The lowest BCUT2D eigenvalue weighted by Gasteiger charge is -2.22. The van der Waals surface area contributed by atoms with E-state index in [-0.39, 0.29) is 0 Å². The van der Waals surface area contributed by atoms with Gasteiger partial charge < -0.3 is 14.7 Å². The van der Waals surface area contributed by atoms with E-state index >= 15 is 0 Å². The summed E-state index contributed by atoms with van der Waals surface area (Å²) in [5, 5.41) is 8.07. The Bertz CT molecular complexity index is 776. The standard InChI is InChI=1S/C19H24ClN5O/c1-21-19(25-11-14-5-2-3-6-15(14)12-25)22-10-17-23-18(24-26-17)13-7-4-8-16(20)9-13/h4,7-9,14-15H,2-3,5-6,10-12H2,1H3,(H,21,22). The second-order valence-electron chi connectivity index (χ2n) is 7.13. The van der Waals surface area contributed by atoms with Crippen LogP contribution in [0, 0.1) is 11.8 Å². The van der Waals surface area contributed by atoms with Gasteiger partial charge in [-0.1, -0.05) is 41.7 Å². The maximum Gasteiger partial charge on any atom is 0.246 e. The summed E-state index contributed by atoms with van der Waals surface area (Å²) in [4.78, 5) is 11.3. The van der Waals surface area contributed by atoms with E-state index in [0.29, 0.717) is 23.3 Å². The highest BCUT2D eigenvalue weighted by Gasteiger charge is 2.35. The van der Waals surface area contributed by atoms with Gasteiger partial charge in [0.1, 0.15) is 0 Å². The van der Waals surface area contributed by atoms with Gasteiger partial charge in [0.25, 0.3) is 0 Å². The molecule has 1 saturated carbocycles. The largest absolute Gasteiger partial charge is 0.347 e. The van der Waals surface area contributed by atoms with Gasteiger partial charge in [0, 0.05) is 30.7 Å². The van der Waals surface area contributed by atoms with E-state index in [0.717, 1.165) is 36.4 Å². The van der Waals surface area contributed by atoms with Crippen molar-refractivity contribution in [2.75, 3.05) is 20.1 Å². The number of nitrogens with one attached hydrogen (secondary N) is 1. The first-order valence-corrected chi connectivity index (χ1v) is 9.65. The van der Waals surface area contributed by atoms with Crippen LogP contribution in [-0.2, 0) is 6.54 Å². The van der Waals surface area contributed by atoms with Gasteiger partial charge in [-0.15, -0.1) is 0 Å². The van der Waals surface area contributed by atoms with Crippen LogP contribution in [0.5, 0.6) is 0 Å². The van der Waals surface area contributed by atoms with Crippen LogP contribution in [0.1, 0.15) is 31.6 Å². The third-order valence-electron chi connectivity index (χ3n) is 5.44. The number of halogens is 1. The summed E-state index contributed by atoms with van der Waals surface area (Å²) >= 11 is 6.03. The number of hydrogen-bond acceptors (Lipinski definition) is 4. The van der Waals surface area contributed by atoms with Crippen molar-refractivity contribution < 1.29 is 4.52 Å². The number of likely N-dealkylation sites (tertiary alicyclic amines) is 1. The molecule has 2 heterocycles. The number of rotatable bonds is 3. The predicted molar refractivity (Wildman–Crippen MR) is 102 cm³/mol. The number of aliphatic imine (C=N–C) groups is 1. The fourth-order valence-electron chi connectivity index (χ4n) is 4.14. The van der Waals surface area contributed by atoms with E-state index in [1.54, 1.807) is 0 Å². The Morgan fingerprint density at radius 2 is 2.08 bits per heavy atom. The van der Waals surface area contributed by atoms with Gasteiger partial charge in [-0.05, 0) is 36.8 Å². The van der Waals surface area contributed by atoms with E-state index in [1.807, 2.05) is 31.3 Å². The van der Waals surface area contributed by atoms with Gasteiger partial charge in [0.05, 0.1) is 6.54 Å². The minimum atomic E-state index is 0.464. The summed E-state index contributed by atoms with van der Waals surface area (Å²) in [6, 6.07) is 7.44. The highest BCUT2D eigenvalue weighted by atomic mass is 35.5. The Balaban J connectivity index is 1.37. The van der Waals surface area contributed by atoms with Crippen molar-refractivity contribution in [3.8, 4) is 11.4 Å². The molecule has 1 saturated heterocycles. The SMILES string of the molecule is CN=C(NCc1nc(-c2cccc(Cl)c2)no1)N1CC2CCCCC2C1. The van der Waals surface area contributed by atoms with Crippen LogP contribution in [-0.4, -0.2) is 41.1 Å². The summed E-state index contributed by atoms with van der Waals surface area (Å²) in [5.74, 6) is 3.64. The molecule has 2 unspecified atom stereocenters. The normalized spacial score (nSPS) is 23.2. The molecule has 138 valence electrons. The predicted octanol–water partition coefficient (Wildman–Crippen LogP) is 3.59. The van der Waals surface area contributed by atoms with Crippen molar-refractivity contribution in [2.24, 2.45) is 16.8 Å². The summed E-state index contributed by atoms with van der Waals surface area (Å²) in [6.07, 6.45) is 5.44. The molecule has 4 rings (SSSR count). The molecule has 0 amide bonds. The Labute approximate surface area is 158 Å². The Kier molecular flexibility index (Phi) is 5.11. The molecule has 2 aromatic rings. The molecule has 0 radical (unpaired) electrons. The highest BCUT2D eigenvalue weighted by molar-refractivity contribution is 6.30. The van der Waals surface area contributed by atoms with E-state index in [1.165, 1.54) is 25.7 Å². The average Bonchev–Trinajstić information content (AvgIpc) is 3.29. The lowest BCUT2D eigenvalue weighted by Crippen LogP contribution is -2.39. The molecule has 26 heavy (non-hydrogen) atoms. The summed E-state index contributed by atoms with van der Waals surface area (Å²) in [6.45, 7) is 2.66. The van der Waals surface area contributed by atoms with E-state index in [9.17, 15) is 0 Å². The van der Waals surface area contributed by atoms with Gasteiger partial charge in [-0.25, -0.2) is 0 Å². The molecule has 6 nitrogen and oxygen atoms in total. The first kappa shape index (κ1) is 17.3. The number of fused-ring (bicyclic) bond motifs is 1. The maximum atomic E-state index is 6.03. The quantitative estimate of drug-likeness (QED) is 0.657. The highest BCUT2D eigenvalue weighted by Crippen LogP contribution is 2.35. The number of hydrogen-bond donors (Lipinski definition) is 1. The Morgan fingerprint density at radius 1 is 1.31 bits per heavy atom. The molecular formula is C19H24ClN5O. The second kappa shape index (κ2) is 7.66. The van der Waals surface area contributed by atoms with Gasteiger partial charge >= 0.3 is 0 Å². The fourth-order valence-corrected chi connectivity index (χ4v) is 4.33. The second-order valence-corrected chi connectivity index (χ2v) is 7.57. The maximum absolute atomic E-state index is 6.03. The van der Waals surface area contributed by atoms with Crippen molar-refractivity contribution in [3.63, 3.8) is 0 Å². The van der Waals surface area contributed by atoms with Crippen LogP contribution >= 0.6 is 11.6 Å². The number of aromatic nitrogens is 2. The molecule has 0 bridgehead atoms. The van der Waals surface area contributed by atoms with Crippen molar-refractivity contribution in [2.45, 2.75) is 32.2 Å². The van der Waals surface area contributed by atoms with Crippen molar-refractivity contribution in [3.05, 3.63) is 35.2 Å². The number of nitrogens with zero attached hydrogens (tertiary/aromatic N) is 4. The molecule has 2 fully saturated rings. The number of guanidine groups is 1. The van der Waals surface area contributed by atoms with Crippen LogP contribution in [0.4, 0.5) is 0 Å². The molecule has 1 aromatic carbocycles. The summed E-state index contributed by atoms with van der Waals surface area (Å²) in [7, 11) is 1.83. The molecule has 1 aromatic heterocycles. The van der Waals surface area contributed by atoms with Crippen LogP contribution in [0.25, 0.3) is 11.4 Å². The van der Waals surface area contributed by atoms with Crippen LogP contribution in [0.2, 0.25) is 5.02 Å². The summed E-state index contributed by atoms with van der Waals surface area (Å²) < 4.78 is 5.37. The number of benzene rings is 1. The molecule has 7 heteroatoms. The first-order valence-electron chi connectivity index (χ1n) is 9.27. The molecular weight excluding hydrogens is 350 g/mol. The lowest BCUT2D eigenvalue weighted by atomic mass is 9.82. The zero-order valence-corrected chi connectivity index (χ0v) is 15.7. The molecule has 1 N–H and O–H groups in total. The van der Waals surface area contributed by atoms with Crippen molar-refractivity contribution in [1.29, 1.82) is 0 Å². The minimum Gasteiger partial charge on any atom is -0.347 e. The van der Waals surface area contributed by atoms with Crippen molar-refractivity contribution in [1.82, 2.24) is 20.4 Å². The zero-order valence-electron chi connectivity index (χ0n) is 15.0. The minimum absolute atomic E-state index is 0.464. The van der Waals surface area contributed by atoms with Crippen molar-refractivity contribution >= 4 is 17.6 Å². The molecule has 1 aliphatic carbocycles. The summed E-state index contributed by atoms with van der Waals surface area (Å²) in [5.41, 5.74) is 0.848.